The molecule has 0 radical (unpaired) electrons. The first kappa shape index (κ1) is 69.8. The summed E-state index contributed by atoms with van der Waals surface area (Å²) in [6, 6.07) is 8.43. The third-order valence-corrected chi connectivity index (χ3v) is 19.1. The Morgan fingerprint density at radius 3 is 2.19 bits per heavy atom. The lowest BCUT2D eigenvalue weighted by Crippen LogP contribution is -2.61. The van der Waals surface area contributed by atoms with Gasteiger partial charge in [-0.1, -0.05) is 101 Å². The Balaban J connectivity index is 1.26. The SMILES string of the molecule is CO[C@H]1C[C@@H]2CC[C@@H](C)[C@@](O)(O2)C(=O)C(=O)N2CCCC[C@H]2C(=O)O[C@H]([C@H](C)C[C@@H]2CC[C@@H](OCC(=O)C3(C)COB(c4ccccc4)OC3)[C@H](OC)C2)CC(=O)[C@H](C)/C=C(\C)[C@@H](O[Si](C)(C)C)[C@@H](OC)C(=O)[C@H](C)C[C@H](C)/C=C/C=C/C=C/1C. The minimum absolute atomic E-state index is 0.0356. The number of cyclic esters (lactones) is 1. The van der Waals surface area contributed by atoms with E-state index in [1.54, 1.807) is 28.1 Å². The first-order valence-corrected chi connectivity index (χ1v) is 34.5. The zero-order valence-electron chi connectivity index (χ0n) is 53.3. The number of ketones is 4. The van der Waals surface area contributed by atoms with Crippen molar-refractivity contribution in [2.24, 2.45) is 40.9 Å². The van der Waals surface area contributed by atoms with Gasteiger partial charge in [0.2, 0.25) is 5.79 Å². The molecule has 4 fully saturated rings. The number of amides is 1. The summed E-state index contributed by atoms with van der Waals surface area (Å²) >= 11 is 0. The van der Waals surface area contributed by atoms with Crippen LogP contribution in [0.5, 0.6) is 0 Å². The van der Waals surface area contributed by atoms with Crippen LogP contribution in [0.4, 0.5) is 0 Å². The topological polar surface area (TPSA) is 209 Å². The smallest absolute Gasteiger partial charge is 0.460 e. The minimum Gasteiger partial charge on any atom is -0.460 e. The summed E-state index contributed by atoms with van der Waals surface area (Å²) in [4.78, 5) is 88.0. The number of esters is 1. The minimum atomic E-state index is -2.45. The number of methoxy groups -OCH3 is 3. The average molecular weight is 1200 g/mol. The molecule has 2 bridgehead atoms. The van der Waals surface area contributed by atoms with Crippen LogP contribution in [0.3, 0.4) is 0 Å². The van der Waals surface area contributed by atoms with E-state index in [0.29, 0.717) is 69.8 Å². The number of hydrogen-bond acceptors (Lipinski definition) is 16. The van der Waals surface area contributed by atoms with Gasteiger partial charge in [0.1, 0.15) is 30.6 Å². The van der Waals surface area contributed by atoms with Crippen molar-refractivity contribution in [2.45, 2.75) is 207 Å². The van der Waals surface area contributed by atoms with Crippen molar-refractivity contribution < 1.29 is 76.0 Å². The Morgan fingerprint density at radius 1 is 0.824 bits per heavy atom. The Hall–Kier alpha value is -4.28. The Bertz CT molecular complexity index is 2540. The molecule has 4 heterocycles. The Labute approximate surface area is 507 Å². The Morgan fingerprint density at radius 2 is 1.53 bits per heavy atom. The molecule has 1 aliphatic carbocycles. The Kier molecular flexibility index (Phi) is 26.1. The fourth-order valence-electron chi connectivity index (χ4n) is 12.7. The predicted molar refractivity (Wildman–Crippen MR) is 328 cm³/mol. The van der Waals surface area contributed by atoms with Crippen molar-refractivity contribution in [3.05, 3.63) is 77.9 Å². The standard InChI is InChI=1S/C66H100BNO16Si/c1-42-23-17-15-18-24-43(2)55(76-9)37-51-30-28-48(7)66(75,83-51)62(72)63(73)68-32-22-21-27-52(68)64(74)82-56(38-53(69)44(3)34-47(6)60(84-85(12,13)14)61(78-11)59(71)46(5)33-42)45(4)35-49-29-31-54(57(36-49)77-10)79-39-58(70)65(8)40-80-67(81-41-65)50-25-19-16-20-26-50/h15-20,23-26,34,42,44-46,48-49,51-52,54-57,60-61,75H,21-22,27-33,35-41H2,1-14H3/b18-15+,23-17+,43-24+,47-34+/t42-,44-,45-,46-,48-,49+,51+,52+,54-,55+,56+,57-,60-,61+,66-/m1/s1. The number of carbonyl (C=O) groups excluding carboxylic acids is 6. The number of nitrogens with zero attached hydrogens (tertiary/aromatic N) is 1. The monoisotopic (exact) mass is 1200 g/mol. The lowest BCUT2D eigenvalue weighted by Gasteiger charge is -2.42. The summed E-state index contributed by atoms with van der Waals surface area (Å²) in [7, 11) is 1.84. The maximum Gasteiger partial charge on any atom is 0.493 e. The molecule has 19 heteroatoms. The van der Waals surface area contributed by atoms with E-state index in [9.17, 15) is 33.9 Å². The largest absolute Gasteiger partial charge is 0.493 e. The van der Waals surface area contributed by atoms with Gasteiger partial charge in [-0.05, 0) is 139 Å². The van der Waals surface area contributed by atoms with E-state index in [-0.39, 0.29) is 92.4 Å². The summed E-state index contributed by atoms with van der Waals surface area (Å²) in [6.45, 7) is 21.4. The first-order valence-electron chi connectivity index (χ1n) is 31.1. The van der Waals surface area contributed by atoms with Gasteiger partial charge in [0, 0.05) is 71.7 Å². The molecular weight excluding hydrogens is 1100 g/mol. The number of aliphatic hydroxyl groups is 1. The molecule has 17 nitrogen and oxygen atoms in total. The van der Waals surface area contributed by atoms with Gasteiger partial charge in [-0.2, -0.15) is 0 Å². The number of benzene rings is 1. The highest BCUT2D eigenvalue weighted by Gasteiger charge is 2.53. The van der Waals surface area contributed by atoms with E-state index in [2.05, 4.69) is 6.92 Å². The maximum absolute atomic E-state index is 14.8. The van der Waals surface area contributed by atoms with Crippen molar-refractivity contribution in [2.75, 3.05) is 47.7 Å². The third-order valence-electron chi connectivity index (χ3n) is 18.2. The van der Waals surface area contributed by atoms with Crippen LogP contribution in [0.25, 0.3) is 0 Å². The number of allylic oxidation sites excluding steroid dienone is 6. The van der Waals surface area contributed by atoms with E-state index >= 15 is 0 Å². The zero-order valence-corrected chi connectivity index (χ0v) is 54.3. The van der Waals surface area contributed by atoms with Crippen LogP contribution in [-0.4, -0.2) is 163 Å². The van der Waals surface area contributed by atoms with E-state index < -0.39 is 92.7 Å². The highest BCUT2D eigenvalue weighted by atomic mass is 28.4. The summed E-state index contributed by atoms with van der Waals surface area (Å²) in [5.41, 5.74) is 1.55. The molecule has 6 rings (SSSR count). The molecule has 0 spiro atoms. The molecular formula is C66H100BNO16Si. The van der Waals surface area contributed by atoms with Crippen LogP contribution < -0.4 is 5.46 Å². The molecule has 1 aromatic carbocycles. The molecule has 15 atom stereocenters. The van der Waals surface area contributed by atoms with Crippen molar-refractivity contribution >= 4 is 55.9 Å². The van der Waals surface area contributed by atoms with Crippen molar-refractivity contribution in [1.82, 2.24) is 4.90 Å². The first-order chi connectivity index (χ1) is 40.2. The van der Waals surface area contributed by atoms with E-state index in [4.69, 9.17) is 42.2 Å². The maximum atomic E-state index is 14.8. The van der Waals surface area contributed by atoms with Crippen molar-refractivity contribution in [3.63, 3.8) is 0 Å². The molecule has 0 aromatic heterocycles. The van der Waals surface area contributed by atoms with Gasteiger partial charge in [0.15, 0.2) is 19.9 Å². The second-order valence-corrected chi connectivity index (χ2v) is 30.9. The quantitative estimate of drug-likeness (QED) is 0.0845. The molecule has 1 N–H and O–H groups in total. The summed E-state index contributed by atoms with van der Waals surface area (Å²) in [6.07, 6.45) is 12.5. The molecule has 4 aliphatic heterocycles. The number of carbonyl (C=O) groups is 6. The zero-order chi connectivity index (χ0) is 62.4. The molecule has 0 unspecified atom stereocenters. The van der Waals surface area contributed by atoms with Crippen molar-refractivity contribution in [1.29, 1.82) is 0 Å². The fourth-order valence-corrected chi connectivity index (χ4v) is 13.8. The van der Waals surface area contributed by atoms with Crippen LogP contribution in [0.2, 0.25) is 19.6 Å². The summed E-state index contributed by atoms with van der Waals surface area (Å²) < 4.78 is 55.8. The van der Waals surface area contributed by atoms with Crippen LogP contribution in [0, 0.1) is 40.9 Å². The van der Waals surface area contributed by atoms with Gasteiger partial charge in [-0.15, -0.1) is 0 Å². The molecule has 1 saturated carbocycles. The third kappa shape index (κ3) is 18.9. The highest BCUT2D eigenvalue weighted by molar-refractivity contribution is 6.69. The second-order valence-electron chi connectivity index (χ2n) is 26.4. The molecule has 1 aromatic rings. The summed E-state index contributed by atoms with van der Waals surface area (Å²) in [5.74, 6) is -7.93. The van der Waals surface area contributed by atoms with Crippen LogP contribution in [0.15, 0.2) is 77.9 Å². The number of fused-ring (bicyclic) bond motifs is 3. The average Bonchev–Trinajstić information content (AvgIpc) is 2.62. The van der Waals surface area contributed by atoms with E-state index in [1.807, 2.05) is 121 Å². The molecule has 3 saturated heterocycles. The molecule has 5 aliphatic rings. The highest BCUT2D eigenvalue weighted by Crippen LogP contribution is 2.39. The lowest BCUT2D eigenvalue weighted by molar-refractivity contribution is -0.265. The molecule has 1 amide bonds. The fraction of sp³-hybridized carbons (Fsp3) is 0.697. The van der Waals surface area contributed by atoms with Gasteiger partial charge in [0.25, 0.3) is 11.7 Å². The van der Waals surface area contributed by atoms with Gasteiger partial charge < -0.3 is 52.2 Å². The van der Waals surface area contributed by atoms with Crippen molar-refractivity contribution in [3.8, 4) is 0 Å². The number of hydrogen-bond donors (Lipinski definition) is 1. The van der Waals surface area contributed by atoms with Gasteiger partial charge in [0.05, 0.1) is 35.9 Å². The number of piperidine rings is 1. The normalized spacial score (nSPS) is 35.6. The van der Waals surface area contributed by atoms with Crippen LogP contribution in [0.1, 0.15) is 132 Å². The lowest BCUT2D eigenvalue weighted by atomic mass is 9.75. The van der Waals surface area contributed by atoms with Crippen LogP contribution >= 0.6 is 0 Å². The number of rotatable bonds is 13. The molecule has 472 valence electrons. The van der Waals surface area contributed by atoms with E-state index in [0.717, 1.165) is 11.0 Å². The number of Topliss-reactive ketones (excluding diaryl/α,β-unsaturated/α-hetero) is 4. The predicted octanol–water partition coefficient (Wildman–Crippen LogP) is 9.08. The molecule has 85 heavy (non-hydrogen) atoms. The van der Waals surface area contributed by atoms with E-state index in [1.165, 1.54) is 12.0 Å². The number of ether oxygens (including phenoxy) is 6. The summed E-state index contributed by atoms with van der Waals surface area (Å²) in [5, 5.41) is 12.1. The second kappa shape index (κ2) is 31.8. The van der Waals surface area contributed by atoms with Gasteiger partial charge in [-0.25, -0.2) is 4.79 Å². The van der Waals surface area contributed by atoms with Gasteiger partial charge >= 0.3 is 13.1 Å². The van der Waals surface area contributed by atoms with Gasteiger partial charge in [-0.3, -0.25) is 24.0 Å². The van der Waals surface area contributed by atoms with Crippen LogP contribution in [-0.2, 0) is 70.9 Å².